The number of nitriles is 1. The topological polar surface area (TPSA) is 69.3 Å². The molecule has 1 aromatic heterocycles. The molecule has 0 aliphatic heterocycles. The zero-order chi connectivity index (χ0) is 17.8. The molecule has 3 rings (SSSR count). The van der Waals surface area contributed by atoms with Gasteiger partial charge in [-0.25, -0.2) is 4.79 Å². The molecule has 6 heteroatoms. The van der Waals surface area contributed by atoms with E-state index < -0.39 is 0 Å². The fraction of sp³-hybridized carbons (Fsp3) is 0.368. The molecule has 0 radical (unpaired) electrons. The molecule has 2 atom stereocenters. The smallest absolute Gasteiger partial charge is 0.322 e. The maximum absolute atomic E-state index is 12.8. The highest BCUT2D eigenvalue weighted by Gasteiger charge is 2.32. The highest BCUT2D eigenvalue weighted by molar-refractivity contribution is 6.30. The van der Waals surface area contributed by atoms with Gasteiger partial charge in [-0.3, -0.25) is 0 Å². The number of anilines is 1. The zero-order valence-corrected chi connectivity index (χ0v) is 14.8. The minimum Gasteiger partial charge on any atom is -0.464 e. The number of rotatable bonds is 4. The first-order chi connectivity index (χ1) is 12.0. The van der Waals surface area contributed by atoms with Gasteiger partial charge in [-0.1, -0.05) is 11.6 Å². The van der Waals surface area contributed by atoms with Crippen molar-refractivity contribution in [3.05, 3.63) is 52.9 Å². The number of hydrogen-bond acceptors (Lipinski definition) is 3. The van der Waals surface area contributed by atoms with Crippen molar-refractivity contribution in [3.8, 4) is 6.07 Å². The van der Waals surface area contributed by atoms with Crippen LogP contribution in [0, 0.1) is 24.2 Å². The van der Waals surface area contributed by atoms with Crippen LogP contribution in [0.3, 0.4) is 0 Å². The average molecular weight is 358 g/mol. The monoisotopic (exact) mass is 357 g/mol. The van der Waals surface area contributed by atoms with E-state index in [0.717, 1.165) is 24.4 Å². The van der Waals surface area contributed by atoms with E-state index in [0.29, 0.717) is 23.7 Å². The van der Waals surface area contributed by atoms with Gasteiger partial charge in [0.15, 0.2) is 0 Å². The molecule has 1 aliphatic carbocycles. The second kappa shape index (κ2) is 7.62. The van der Waals surface area contributed by atoms with Crippen molar-refractivity contribution in [1.29, 1.82) is 5.26 Å². The number of urea groups is 1. The van der Waals surface area contributed by atoms with Crippen molar-refractivity contribution >= 4 is 23.3 Å². The van der Waals surface area contributed by atoms with Crippen LogP contribution < -0.4 is 5.32 Å². The lowest BCUT2D eigenvalue weighted by Crippen LogP contribution is -2.41. The molecule has 5 nitrogen and oxygen atoms in total. The fourth-order valence-corrected chi connectivity index (χ4v) is 3.32. The average Bonchev–Trinajstić information content (AvgIpc) is 3.23. The molecule has 0 saturated heterocycles. The molecule has 2 unspecified atom stereocenters. The summed E-state index contributed by atoms with van der Waals surface area (Å²) in [4.78, 5) is 14.6. The summed E-state index contributed by atoms with van der Waals surface area (Å²) >= 11 is 5.89. The van der Waals surface area contributed by atoms with Gasteiger partial charge in [-0.15, -0.1) is 0 Å². The van der Waals surface area contributed by atoms with Crippen LogP contribution in [0.4, 0.5) is 10.5 Å². The number of carbonyl (C=O) groups excluding carboxylic acids is 1. The molecule has 0 spiro atoms. The normalized spacial score (nSPS) is 19.4. The Morgan fingerprint density at radius 3 is 2.68 bits per heavy atom. The predicted octanol–water partition coefficient (Wildman–Crippen LogP) is 4.97. The van der Waals surface area contributed by atoms with Crippen molar-refractivity contribution in [2.24, 2.45) is 5.92 Å². The third-order valence-electron chi connectivity index (χ3n) is 4.51. The molecular weight excluding hydrogens is 338 g/mol. The van der Waals surface area contributed by atoms with Crippen LogP contribution in [0.2, 0.25) is 5.02 Å². The quantitative estimate of drug-likeness (QED) is 0.839. The molecular formula is C19H20ClN3O2. The van der Waals surface area contributed by atoms with Crippen molar-refractivity contribution in [2.75, 3.05) is 5.32 Å². The van der Waals surface area contributed by atoms with Crippen molar-refractivity contribution in [1.82, 2.24) is 4.90 Å². The molecule has 1 saturated carbocycles. The number of nitrogens with one attached hydrogen (secondary N) is 1. The van der Waals surface area contributed by atoms with Crippen LogP contribution in [0.1, 0.15) is 30.8 Å². The Bertz CT molecular complexity index is 779. The maximum atomic E-state index is 12.8. The van der Waals surface area contributed by atoms with Crippen LogP contribution in [-0.2, 0) is 6.54 Å². The van der Waals surface area contributed by atoms with E-state index in [2.05, 4.69) is 11.4 Å². The number of amides is 2. The van der Waals surface area contributed by atoms with Crippen molar-refractivity contribution in [3.63, 3.8) is 0 Å². The highest BCUT2D eigenvalue weighted by atomic mass is 35.5. The first-order valence-electron chi connectivity index (χ1n) is 8.33. The van der Waals surface area contributed by atoms with E-state index >= 15 is 0 Å². The second-order valence-electron chi connectivity index (χ2n) is 6.37. The Hall–Kier alpha value is -2.45. The summed E-state index contributed by atoms with van der Waals surface area (Å²) in [5.41, 5.74) is 0.685. The predicted molar refractivity (Wildman–Crippen MR) is 96.2 cm³/mol. The second-order valence-corrected chi connectivity index (χ2v) is 6.81. The summed E-state index contributed by atoms with van der Waals surface area (Å²) in [5, 5.41) is 12.7. The van der Waals surface area contributed by atoms with E-state index in [-0.39, 0.29) is 18.0 Å². The standard InChI is InChI=1S/C19H20ClN3O2/c1-13-2-9-18(25-13)12-23(17-8-3-14(10-17)11-21)19(24)22-16-6-4-15(20)5-7-16/h2,4-7,9,14,17H,3,8,10,12H2,1H3,(H,22,24). The third-order valence-corrected chi connectivity index (χ3v) is 4.76. The Morgan fingerprint density at radius 1 is 1.32 bits per heavy atom. The molecule has 25 heavy (non-hydrogen) atoms. The van der Waals surface area contributed by atoms with E-state index in [1.165, 1.54) is 0 Å². The number of hydrogen-bond donors (Lipinski definition) is 1. The number of nitrogens with zero attached hydrogens (tertiary/aromatic N) is 2. The molecule has 1 heterocycles. The Labute approximate surface area is 152 Å². The molecule has 1 N–H and O–H groups in total. The van der Waals surface area contributed by atoms with Gasteiger partial charge >= 0.3 is 6.03 Å². The van der Waals surface area contributed by atoms with Crippen molar-refractivity contribution < 1.29 is 9.21 Å². The van der Waals surface area contributed by atoms with Gasteiger partial charge in [-0.05, 0) is 62.6 Å². The van der Waals surface area contributed by atoms with E-state index in [1.807, 2.05) is 19.1 Å². The number of benzene rings is 1. The number of furan rings is 1. The third kappa shape index (κ3) is 4.34. The van der Waals surface area contributed by atoms with Crippen LogP contribution in [0.5, 0.6) is 0 Å². The molecule has 0 bridgehead atoms. The van der Waals surface area contributed by atoms with Crippen LogP contribution in [0.25, 0.3) is 0 Å². The first kappa shape index (κ1) is 17.4. The SMILES string of the molecule is Cc1ccc(CN(C(=O)Nc2ccc(Cl)cc2)C2CCC(C#N)C2)o1. The minimum atomic E-state index is -0.194. The number of carbonyl (C=O) groups is 1. The molecule has 1 aromatic carbocycles. The Balaban J connectivity index is 1.76. The molecule has 1 fully saturated rings. The minimum absolute atomic E-state index is 0.00849. The lowest BCUT2D eigenvalue weighted by molar-refractivity contribution is 0.177. The first-order valence-corrected chi connectivity index (χ1v) is 8.71. The van der Waals surface area contributed by atoms with E-state index in [1.54, 1.807) is 29.2 Å². The highest BCUT2D eigenvalue weighted by Crippen LogP contribution is 2.30. The summed E-state index contributed by atoms with van der Waals surface area (Å²) in [6.45, 7) is 2.26. The molecule has 2 aromatic rings. The van der Waals surface area contributed by atoms with Gasteiger partial charge in [-0.2, -0.15) is 5.26 Å². The van der Waals surface area contributed by atoms with Gasteiger partial charge in [0.1, 0.15) is 11.5 Å². The Morgan fingerprint density at radius 2 is 2.08 bits per heavy atom. The van der Waals surface area contributed by atoms with Gasteiger partial charge < -0.3 is 14.6 Å². The fourth-order valence-electron chi connectivity index (χ4n) is 3.19. The number of halogens is 1. The van der Waals surface area contributed by atoms with Gasteiger partial charge in [0.25, 0.3) is 0 Å². The van der Waals surface area contributed by atoms with Crippen LogP contribution in [-0.4, -0.2) is 17.0 Å². The van der Waals surface area contributed by atoms with Crippen molar-refractivity contribution in [2.45, 2.75) is 38.8 Å². The summed E-state index contributed by atoms with van der Waals surface area (Å²) in [6.07, 6.45) is 2.35. The van der Waals surface area contributed by atoms with E-state index in [9.17, 15) is 4.79 Å². The lowest BCUT2D eigenvalue weighted by Gasteiger charge is -2.28. The Kier molecular flexibility index (Phi) is 5.30. The van der Waals surface area contributed by atoms with E-state index in [4.69, 9.17) is 21.3 Å². The summed E-state index contributed by atoms with van der Waals surface area (Å²) < 4.78 is 5.64. The zero-order valence-electron chi connectivity index (χ0n) is 14.0. The van der Waals surface area contributed by atoms with Gasteiger partial charge in [0.2, 0.25) is 0 Å². The van der Waals surface area contributed by atoms with Gasteiger partial charge in [0.05, 0.1) is 12.6 Å². The van der Waals surface area contributed by atoms with Crippen LogP contribution in [0.15, 0.2) is 40.8 Å². The number of aryl methyl sites for hydroxylation is 1. The van der Waals surface area contributed by atoms with Crippen LogP contribution >= 0.6 is 11.6 Å². The molecule has 130 valence electrons. The molecule has 1 aliphatic rings. The van der Waals surface area contributed by atoms with Gasteiger partial charge in [0, 0.05) is 22.7 Å². The summed E-state index contributed by atoms with van der Waals surface area (Å²) in [6, 6.07) is 12.9. The largest absolute Gasteiger partial charge is 0.464 e. The summed E-state index contributed by atoms with van der Waals surface area (Å²) in [5.74, 6) is 1.56. The summed E-state index contributed by atoms with van der Waals surface area (Å²) in [7, 11) is 0. The molecule has 2 amide bonds. The maximum Gasteiger partial charge on any atom is 0.322 e. The lowest BCUT2D eigenvalue weighted by atomic mass is 10.1.